The van der Waals surface area contributed by atoms with Crippen LogP contribution in [0.2, 0.25) is 0 Å². The van der Waals surface area contributed by atoms with Crippen molar-refractivity contribution < 1.29 is 50.1 Å². The number of aliphatic hydroxyl groups is 4. The van der Waals surface area contributed by atoms with Gasteiger partial charge in [-0.3, -0.25) is 9.59 Å². The van der Waals surface area contributed by atoms with Crippen molar-refractivity contribution in [3.8, 4) is 0 Å². The molecular formula is C16H32O10. The maximum absolute atomic E-state index is 10.1. The van der Waals surface area contributed by atoms with E-state index < -0.39 is 30.1 Å². The maximum atomic E-state index is 10.1. The summed E-state index contributed by atoms with van der Waals surface area (Å²) in [4.78, 5) is 29.7. The molecule has 156 valence electrons. The summed E-state index contributed by atoms with van der Waals surface area (Å²) in [5, 5.41) is 56.5. The third-order valence-corrected chi connectivity index (χ3v) is 2.81. The lowest BCUT2D eigenvalue weighted by Crippen LogP contribution is -2.15. The first-order valence-electron chi connectivity index (χ1n) is 8.32. The Hall–Kier alpha value is -1.75. The first-order valence-corrected chi connectivity index (χ1v) is 8.32. The van der Waals surface area contributed by atoms with E-state index in [2.05, 4.69) is 0 Å². The number of aliphatic carboxylic acids is 3. The number of carboxylic acid groups (broad SMARTS) is 3. The first-order chi connectivity index (χ1) is 12.1. The van der Waals surface area contributed by atoms with Crippen LogP contribution in [0.5, 0.6) is 0 Å². The predicted octanol–water partition coefficient (Wildman–Crippen LogP) is 0.0601. The van der Waals surface area contributed by atoms with Gasteiger partial charge in [0.2, 0.25) is 0 Å². The van der Waals surface area contributed by atoms with Crippen LogP contribution in [-0.2, 0) is 14.4 Å². The summed E-state index contributed by atoms with van der Waals surface area (Å²) in [6.45, 7) is 0.468. The van der Waals surface area contributed by atoms with E-state index in [4.69, 9.17) is 35.7 Å². The molecule has 1 atom stereocenters. The summed E-state index contributed by atoms with van der Waals surface area (Å²) in [6.07, 6.45) is 3.64. The van der Waals surface area contributed by atoms with E-state index >= 15 is 0 Å². The van der Waals surface area contributed by atoms with Crippen LogP contribution >= 0.6 is 0 Å². The Kier molecular flexibility index (Phi) is 23.8. The summed E-state index contributed by atoms with van der Waals surface area (Å²) >= 11 is 0. The molecule has 0 aliphatic rings. The smallest absolute Gasteiger partial charge is 0.332 e. The number of carbonyl (C=O) groups is 3. The molecule has 0 bridgehead atoms. The van der Waals surface area contributed by atoms with Crippen molar-refractivity contribution >= 4 is 17.9 Å². The van der Waals surface area contributed by atoms with Gasteiger partial charge in [-0.25, -0.2) is 4.79 Å². The first kappa shape index (κ1) is 29.0. The van der Waals surface area contributed by atoms with Gasteiger partial charge in [0.05, 0.1) is 13.2 Å². The molecule has 10 nitrogen and oxygen atoms in total. The van der Waals surface area contributed by atoms with Crippen LogP contribution in [0.1, 0.15) is 58.3 Å². The second-order valence-corrected chi connectivity index (χ2v) is 5.44. The molecule has 0 aromatic rings. The minimum absolute atomic E-state index is 0.245. The molecule has 0 aromatic carbocycles. The highest BCUT2D eigenvalue weighted by atomic mass is 16.4. The Labute approximate surface area is 152 Å². The number of rotatable bonds is 12. The normalized spacial score (nSPS) is 10.8. The zero-order valence-electron chi connectivity index (χ0n) is 15.1. The molecule has 1 unspecified atom stereocenters. The minimum atomic E-state index is -1.23. The molecule has 0 amide bonds. The Morgan fingerprint density at radius 2 is 0.962 bits per heavy atom. The Balaban J connectivity index is -0.000000364. The lowest BCUT2D eigenvalue weighted by atomic mass is 10.1. The molecule has 0 aliphatic carbocycles. The maximum Gasteiger partial charge on any atom is 0.332 e. The van der Waals surface area contributed by atoms with Gasteiger partial charge in [0.1, 0.15) is 12.2 Å². The predicted molar refractivity (Wildman–Crippen MR) is 91.7 cm³/mol. The number of hydrogen-bond donors (Lipinski definition) is 7. The van der Waals surface area contributed by atoms with E-state index in [0.29, 0.717) is 0 Å². The van der Waals surface area contributed by atoms with Crippen LogP contribution in [0, 0.1) is 0 Å². The fourth-order valence-corrected chi connectivity index (χ4v) is 1.32. The summed E-state index contributed by atoms with van der Waals surface area (Å²) < 4.78 is 0. The van der Waals surface area contributed by atoms with Gasteiger partial charge in [-0.2, -0.15) is 0 Å². The van der Waals surface area contributed by atoms with Gasteiger partial charge in [-0.15, -0.1) is 0 Å². The monoisotopic (exact) mass is 384 g/mol. The fraction of sp³-hybridized carbons (Fsp3) is 0.812. The second-order valence-electron chi connectivity index (χ2n) is 5.44. The minimum Gasteiger partial charge on any atom is -0.481 e. The Bertz CT molecular complexity index is 333. The van der Waals surface area contributed by atoms with Crippen LogP contribution in [0.25, 0.3) is 0 Å². The van der Waals surface area contributed by atoms with E-state index in [9.17, 15) is 14.4 Å². The van der Waals surface area contributed by atoms with Gasteiger partial charge in [0, 0.05) is 12.8 Å². The standard InChI is InChI=1S/C10H18O4.C3H8O3.C3H6O3/c11-9(12)7-5-3-1-2-4-6-8-10(13)14;4-1-3(6)2-5;1-2(4)3(5)6/h1-8H2,(H,11,12)(H,13,14);3-6H,1-2H2;2,4H,1H3,(H,5,6). The van der Waals surface area contributed by atoms with Gasteiger partial charge >= 0.3 is 17.9 Å². The van der Waals surface area contributed by atoms with E-state index in [0.717, 1.165) is 38.5 Å². The Morgan fingerprint density at radius 3 is 1.12 bits per heavy atom. The molecule has 26 heavy (non-hydrogen) atoms. The molecule has 0 aliphatic heterocycles. The molecule has 10 heteroatoms. The quantitative estimate of drug-likeness (QED) is 0.226. The molecule has 0 spiro atoms. The highest BCUT2D eigenvalue weighted by Gasteiger charge is 2.01. The molecule has 0 fully saturated rings. The molecule has 7 N–H and O–H groups in total. The third-order valence-electron chi connectivity index (χ3n) is 2.81. The lowest BCUT2D eigenvalue weighted by molar-refractivity contribution is -0.145. The summed E-state index contributed by atoms with van der Waals surface area (Å²) in [6, 6.07) is 0. The van der Waals surface area contributed by atoms with Crippen molar-refractivity contribution in [2.24, 2.45) is 0 Å². The number of carboxylic acids is 3. The lowest BCUT2D eigenvalue weighted by Gasteiger charge is -1.98. The average Bonchev–Trinajstić information content (AvgIpc) is 2.57. The summed E-state index contributed by atoms with van der Waals surface area (Å²) in [5.74, 6) is -2.67. The SMILES string of the molecule is CC(O)C(=O)O.O=C(O)CCCCCCCCC(=O)O.OCC(O)CO. The number of aliphatic hydroxyl groups excluding tert-OH is 4. The van der Waals surface area contributed by atoms with Gasteiger partial charge < -0.3 is 35.7 Å². The van der Waals surface area contributed by atoms with Crippen LogP contribution < -0.4 is 0 Å². The topological polar surface area (TPSA) is 193 Å². The number of hydrogen-bond acceptors (Lipinski definition) is 7. The largest absolute Gasteiger partial charge is 0.481 e. The molecule has 0 saturated heterocycles. The van der Waals surface area contributed by atoms with Crippen molar-refractivity contribution in [3.63, 3.8) is 0 Å². The van der Waals surface area contributed by atoms with E-state index in [1.165, 1.54) is 6.92 Å². The fourth-order valence-electron chi connectivity index (χ4n) is 1.32. The third kappa shape index (κ3) is 33.8. The van der Waals surface area contributed by atoms with Crippen LogP contribution in [0.15, 0.2) is 0 Å². The zero-order chi connectivity index (χ0) is 21.0. The number of unbranched alkanes of at least 4 members (excludes halogenated alkanes) is 5. The summed E-state index contributed by atoms with van der Waals surface area (Å²) in [5.41, 5.74) is 0. The highest BCUT2D eigenvalue weighted by molar-refractivity contribution is 5.71. The van der Waals surface area contributed by atoms with Gasteiger partial charge in [-0.1, -0.05) is 25.7 Å². The van der Waals surface area contributed by atoms with Crippen LogP contribution in [0.3, 0.4) is 0 Å². The van der Waals surface area contributed by atoms with Crippen LogP contribution in [-0.4, -0.2) is 79.1 Å². The van der Waals surface area contributed by atoms with Crippen molar-refractivity contribution in [2.45, 2.75) is 70.5 Å². The Morgan fingerprint density at radius 1 is 0.692 bits per heavy atom. The molecule has 0 aromatic heterocycles. The van der Waals surface area contributed by atoms with E-state index in [1.807, 2.05) is 0 Å². The van der Waals surface area contributed by atoms with Gasteiger partial charge in [-0.05, 0) is 19.8 Å². The molecule has 0 heterocycles. The molecule has 0 radical (unpaired) electrons. The van der Waals surface area contributed by atoms with E-state index in [-0.39, 0.29) is 26.1 Å². The highest BCUT2D eigenvalue weighted by Crippen LogP contribution is 2.08. The van der Waals surface area contributed by atoms with Crippen LogP contribution in [0.4, 0.5) is 0 Å². The zero-order valence-corrected chi connectivity index (χ0v) is 15.1. The summed E-state index contributed by atoms with van der Waals surface area (Å²) in [7, 11) is 0. The van der Waals surface area contributed by atoms with Gasteiger partial charge in [0.15, 0.2) is 0 Å². The average molecular weight is 384 g/mol. The molecule has 0 saturated carbocycles. The molecular weight excluding hydrogens is 352 g/mol. The van der Waals surface area contributed by atoms with E-state index in [1.54, 1.807) is 0 Å². The molecule has 0 rings (SSSR count). The van der Waals surface area contributed by atoms with Crippen molar-refractivity contribution in [1.82, 2.24) is 0 Å². The van der Waals surface area contributed by atoms with Crippen molar-refractivity contribution in [3.05, 3.63) is 0 Å². The van der Waals surface area contributed by atoms with Crippen molar-refractivity contribution in [2.75, 3.05) is 13.2 Å². The second kappa shape index (κ2) is 21.3. The van der Waals surface area contributed by atoms with Crippen molar-refractivity contribution in [1.29, 1.82) is 0 Å². The van der Waals surface area contributed by atoms with Gasteiger partial charge in [0.25, 0.3) is 0 Å².